The zero-order chi connectivity index (χ0) is 12.6. The Balaban J connectivity index is 1.97. The number of alkyl halides is 1. The Morgan fingerprint density at radius 3 is 2.71 bits per heavy atom. The molecular weight excluding hydrogens is 244 g/mol. The van der Waals surface area contributed by atoms with Gasteiger partial charge in [-0.1, -0.05) is 26.0 Å². The minimum Gasteiger partial charge on any atom is -0.309 e. The summed E-state index contributed by atoms with van der Waals surface area (Å²) in [6, 6.07) is 4.50. The Hall–Kier alpha value is -0.670. The van der Waals surface area contributed by atoms with Gasteiger partial charge in [0.15, 0.2) is 11.6 Å². The summed E-state index contributed by atoms with van der Waals surface area (Å²) < 4.78 is 26.4. The second-order valence-electron chi connectivity index (χ2n) is 5.17. The number of benzene rings is 1. The molecule has 1 N–H and O–H groups in total. The Labute approximate surface area is 105 Å². The molecule has 1 fully saturated rings. The van der Waals surface area contributed by atoms with Gasteiger partial charge in [0.2, 0.25) is 0 Å². The largest absolute Gasteiger partial charge is 0.309 e. The van der Waals surface area contributed by atoms with Gasteiger partial charge in [0.1, 0.15) is 0 Å². The molecule has 17 heavy (non-hydrogen) atoms. The van der Waals surface area contributed by atoms with Crippen molar-refractivity contribution in [2.24, 2.45) is 5.41 Å². The van der Waals surface area contributed by atoms with Gasteiger partial charge in [0, 0.05) is 23.5 Å². The Bertz CT molecular complexity index is 420. The molecule has 0 amide bonds. The number of halogens is 3. The summed E-state index contributed by atoms with van der Waals surface area (Å²) in [5.74, 6) is -1.56. The third-order valence-corrected chi connectivity index (χ3v) is 4.46. The fourth-order valence-electron chi connectivity index (χ4n) is 2.14. The van der Waals surface area contributed by atoms with Gasteiger partial charge in [-0.25, -0.2) is 8.78 Å². The maximum atomic E-state index is 13.4. The van der Waals surface area contributed by atoms with E-state index in [1.807, 2.05) is 0 Å². The quantitative estimate of drug-likeness (QED) is 0.820. The Morgan fingerprint density at radius 2 is 2.12 bits per heavy atom. The topological polar surface area (TPSA) is 12.0 Å². The van der Waals surface area contributed by atoms with Crippen LogP contribution >= 0.6 is 11.6 Å². The molecule has 1 aromatic rings. The van der Waals surface area contributed by atoms with Crippen molar-refractivity contribution in [1.29, 1.82) is 0 Å². The normalized spacial score (nSPS) is 26.6. The average Bonchev–Trinajstić information content (AvgIpc) is 2.29. The number of rotatable bonds is 3. The van der Waals surface area contributed by atoms with E-state index in [9.17, 15) is 8.78 Å². The standard InChI is InChI=1S/C13H16ClF2N/c1-13(2)10(14)6-11(13)17-7-8-4-3-5-9(15)12(8)16/h3-5,10-11,17H,6-7H2,1-2H3. The lowest BCUT2D eigenvalue weighted by Gasteiger charge is -2.49. The molecule has 2 rings (SSSR count). The van der Waals surface area contributed by atoms with Gasteiger partial charge < -0.3 is 5.32 Å². The average molecular weight is 260 g/mol. The van der Waals surface area contributed by atoms with Crippen LogP contribution in [0.3, 0.4) is 0 Å². The summed E-state index contributed by atoms with van der Waals surface area (Å²) >= 11 is 6.10. The lowest BCUT2D eigenvalue weighted by atomic mass is 9.67. The van der Waals surface area contributed by atoms with Gasteiger partial charge in [-0.15, -0.1) is 11.6 Å². The third kappa shape index (κ3) is 2.31. The number of nitrogens with one attached hydrogen (secondary N) is 1. The van der Waals surface area contributed by atoms with Gasteiger partial charge >= 0.3 is 0 Å². The second kappa shape index (κ2) is 4.54. The molecule has 0 aromatic heterocycles. The number of hydrogen-bond donors (Lipinski definition) is 1. The second-order valence-corrected chi connectivity index (χ2v) is 5.70. The van der Waals surface area contributed by atoms with E-state index in [1.54, 1.807) is 6.07 Å². The van der Waals surface area contributed by atoms with Crippen LogP contribution < -0.4 is 5.32 Å². The first-order valence-electron chi connectivity index (χ1n) is 5.73. The highest BCUT2D eigenvalue weighted by molar-refractivity contribution is 6.21. The summed E-state index contributed by atoms with van der Waals surface area (Å²) in [6.45, 7) is 4.49. The van der Waals surface area contributed by atoms with E-state index in [-0.39, 0.29) is 16.8 Å². The van der Waals surface area contributed by atoms with Crippen LogP contribution in [0.2, 0.25) is 0 Å². The first-order valence-corrected chi connectivity index (χ1v) is 6.17. The minimum absolute atomic E-state index is 0.00531. The molecule has 0 bridgehead atoms. The van der Waals surface area contributed by atoms with Crippen molar-refractivity contribution in [2.75, 3.05) is 0 Å². The Morgan fingerprint density at radius 1 is 1.41 bits per heavy atom. The van der Waals surface area contributed by atoms with Crippen LogP contribution in [0, 0.1) is 17.0 Å². The lowest BCUT2D eigenvalue weighted by molar-refractivity contribution is 0.115. The minimum atomic E-state index is -0.799. The van der Waals surface area contributed by atoms with E-state index < -0.39 is 11.6 Å². The van der Waals surface area contributed by atoms with Crippen molar-refractivity contribution >= 4 is 11.6 Å². The van der Waals surface area contributed by atoms with Crippen molar-refractivity contribution in [3.63, 3.8) is 0 Å². The van der Waals surface area contributed by atoms with Crippen molar-refractivity contribution in [2.45, 2.75) is 38.2 Å². The molecule has 1 nitrogen and oxygen atoms in total. The zero-order valence-electron chi connectivity index (χ0n) is 9.93. The maximum Gasteiger partial charge on any atom is 0.163 e. The maximum absolute atomic E-state index is 13.4. The molecule has 1 aliphatic carbocycles. The molecule has 1 saturated carbocycles. The first-order chi connectivity index (χ1) is 7.93. The predicted octanol–water partition coefficient (Wildman–Crippen LogP) is 3.46. The molecule has 0 radical (unpaired) electrons. The van der Waals surface area contributed by atoms with Gasteiger partial charge in [-0.3, -0.25) is 0 Å². The molecule has 1 aromatic carbocycles. The van der Waals surface area contributed by atoms with E-state index in [4.69, 9.17) is 11.6 Å². The first kappa shape index (κ1) is 12.8. The molecule has 0 saturated heterocycles. The van der Waals surface area contributed by atoms with Crippen molar-refractivity contribution in [3.05, 3.63) is 35.4 Å². The van der Waals surface area contributed by atoms with Crippen LogP contribution in [-0.2, 0) is 6.54 Å². The number of hydrogen-bond acceptors (Lipinski definition) is 1. The fraction of sp³-hybridized carbons (Fsp3) is 0.538. The summed E-state index contributed by atoms with van der Waals surface area (Å²) in [5.41, 5.74) is 0.365. The van der Waals surface area contributed by atoms with Gasteiger partial charge in [0.25, 0.3) is 0 Å². The zero-order valence-corrected chi connectivity index (χ0v) is 10.7. The van der Waals surface area contributed by atoms with Crippen molar-refractivity contribution in [3.8, 4) is 0 Å². The van der Waals surface area contributed by atoms with Crippen LogP contribution in [0.15, 0.2) is 18.2 Å². The molecule has 0 spiro atoms. The van der Waals surface area contributed by atoms with E-state index in [2.05, 4.69) is 19.2 Å². The Kier molecular flexibility index (Phi) is 3.41. The molecule has 0 heterocycles. The van der Waals surface area contributed by atoms with Crippen LogP contribution in [0.25, 0.3) is 0 Å². The predicted molar refractivity (Wildman–Crippen MR) is 65.0 cm³/mol. The van der Waals surface area contributed by atoms with Crippen LogP contribution in [-0.4, -0.2) is 11.4 Å². The summed E-state index contributed by atoms with van der Waals surface area (Å²) in [7, 11) is 0. The monoisotopic (exact) mass is 259 g/mol. The van der Waals surface area contributed by atoms with Gasteiger partial charge in [0.05, 0.1) is 0 Å². The highest BCUT2D eigenvalue weighted by Gasteiger charge is 2.46. The molecular formula is C13H16ClF2N. The van der Waals surface area contributed by atoms with E-state index in [0.717, 1.165) is 12.5 Å². The smallest absolute Gasteiger partial charge is 0.163 e. The lowest BCUT2D eigenvalue weighted by Crippen LogP contribution is -2.57. The summed E-state index contributed by atoms with van der Waals surface area (Å²) in [6.07, 6.45) is 0.867. The van der Waals surface area contributed by atoms with Crippen molar-refractivity contribution in [1.82, 2.24) is 5.32 Å². The molecule has 4 heteroatoms. The van der Waals surface area contributed by atoms with Crippen molar-refractivity contribution < 1.29 is 8.78 Å². The van der Waals surface area contributed by atoms with Crippen LogP contribution in [0.1, 0.15) is 25.8 Å². The molecule has 2 atom stereocenters. The summed E-state index contributed by atoms with van der Waals surface area (Å²) in [4.78, 5) is 0. The SMILES string of the molecule is CC1(C)C(Cl)CC1NCc1cccc(F)c1F. The van der Waals surface area contributed by atoms with Crippen LogP contribution in [0.4, 0.5) is 8.78 Å². The summed E-state index contributed by atoms with van der Waals surface area (Å²) in [5, 5.41) is 3.38. The third-order valence-electron chi connectivity index (χ3n) is 3.72. The molecule has 94 valence electrons. The van der Waals surface area contributed by atoms with Gasteiger partial charge in [-0.2, -0.15) is 0 Å². The van der Waals surface area contributed by atoms with Crippen LogP contribution in [0.5, 0.6) is 0 Å². The van der Waals surface area contributed by atoms with E-state index >= 15 is 0 Å². The van der Waals surface area contributed by atoms with E-state index in [0.29, 0.717) is 12.1 Å². The highest BCUT2D eigenvalue weighted by Crippen LogP contribution is 2.44. The fourth-order valence-corrected chi connectivity index (χ4v) is 2.47. The van der Waals surface area contributed by atoms with Gasteiger partial charge in [-0.05, 0) is 17.9 Å². The molecule has 1 aliphatic rings. The highest BCUT2D eigenvalue weighted by atomic mass is 35.5. The molecule has 0 aliphatic heterocycles. The molecule has 2 unspecified atom stereocenters. The van der Waals surface area contributed by atoms with E-state index in [1.165, 1.54) is 6.07 Å².